The Morgan fingerprint density at radius 1 is 0.712 bits per heavy atom. The molecule has 0 radical (unpaired) electrons. The van der Waals surface area contributed by atoms with Crippen molar-refractivity contribution in [1.29, 1.82) is 0 Å². The van der Waals surface area contributed by atoms with E-state index in [1.54, 1.807) is 5.57 Å². The van der Waals surface area contributed by atoms with Crippen LogP contribution < -0.4 is 0 Å². The van der Waals surface area contributed by atoms with E-state index in [2.05, 4.69) is 59.8 Å². The molecule has 16 atom stereocenters. The minimum atomic E-state index is -0.651. The van der Waals surface area contributed by atoms with Crippen molar-refractivity contribution < 1.29 is 19.4 Å². The minimum Gasteiger partial charge on any atom is -0.481 e. The average molecular weight is 715 g/mol. The van der Waals surface area contributed by atoms with E-state index in [4.69, 9.17) is 4.74 Å². The maximum Gasteiger partial charge on any atom is 0.306 e. The molecule has 4 nitrogen and oxygen atoms in total. The normalized spacial score (nSPS) is 48.8. The minimum absolute atomic E-state index is 0.0493. The van der Waals surface area contributed by atoms with Crippen LogP contribution in [0.25, 0.3) is 0 Å². The Morgan fingerprint density at radius 2 is 1.35 bits per heavy atom. The first-order chi connectivity index (χ1) is 24.8. The molecule has 8 aliphatic rings. The number of rotatable bonds is 9. The summed E-state index contributed by atoms with van der Waals surface area (Å²) in [6.07, 6.45) is 30.9. The number of carbonyl (C=O) groups is 2. The van der Waals surface area contributed by atoms with Gasteiger partial charge < -0.3 is 9.84 Å². The van der Waals surface area contributed by atoms with Gasteiger partial charge in [0.05, 0.1) is 0 Å². The summed E-state index contributed by atoms with van der Waals surface area (Å²) in [5.74, 6) is 7.76. The second kappa shape index (κ2) is 13.9. The molecule has 290 valence electrons. The van der Waals surface area contributed by atoms with Crippen molar-refractivity contribution in [2.24, 2.45) is 86.8 Å². The molecule has 52 heavy (non-hydrogen) atoms. The molecule has 0 heterocycles. The van der Waals surface area contributed by atoms with E-state index in [0.717, 1.165) is 79.4 Å². The van der Waals surface area contributed by atoms with Crippen LogP contribution >= 0.6 is 0 Å². The predicted molar refractivity (Wildman–Crippen MR) is 209 cm³/mol. The van der Waals surface area contributed by atoms with Gasteiger partial charge >= 0.3 is 11.9 Å². The van der Waals surface area contributed by atoms with E-state index in [9.17, 15) is 14.7 Å². The molecule has 0 aromatic carbocycles. The molecule has 1 N–H and O–H groups in total. The first kappa shape index (κ1) is 37.3. The Morgan fingerprint density at radius 3 is 2.04 bits per heavy atom. The van der Waals surface area contributed by atoms with Crippen molar-refractivity contribution in [3.63, 3.8) is 0 Å². The second-order valence-electron chi connectivity index (χ2n) is 21.6. The quantitative estimate of drug-likeness (QED) is 0.191. The number of aliphatic carboxylic acids is 1. The standard InChI is InChI=1S/C48H74O4/c1-30(10-20-43(49)50)37-16-18-40-36-15-13-33-29-34(22-26-46(33,4)42(36)24-28-47(37,40)5)52-44(51)21-11-31(2)38-17-19-39-35-14-12-32-9-7-8-25-45(32,3)41(35)23-27-48(38,39)6/h7-8,13,30-32,34-42H,9-12,14-29H2,1-6H3,(H,49,50)/t30-,31-,32?,34+,35?,36+,37-,38-,39?,40+,41?,42+,45+,46+,47-,48-/m1/s1. The fourth-order valence-corrected chi connectivity index (χ4v) is 16.9. The summed E-state index contributed by atoms with van der Waals surface area (Å²) in [6, 6.07) is 0. The topological polar surface area (TPSA) is 63.6 Å². The summed E-state index contributed by atoms with van der Waals surface area (Å²) in [5.41, 5.74) is 3.16. The molecule has 0 saturated heterocycles. The van der Waals surface area contributed by atoms with Crippen LogP contribution in [0, 0.1) is 86.8 Å². The predicted octanol–water partition coefficient (Wildman–Crippen LogP) is 12.2. The number of allylic oxidation sites excluding steroid dienone is 3. The molecule has 0 amide bonds. The number of carbonyl (C=O) groups excluding carboxylic acids is 1. The summed E-state index contributed by atoms with van der Waals surface area (Å²) in [6.45, 7) is 15.2. The molecular weight excluding hydrogens is 641 g/mol. The van der Waals surface area contributed by atoms with Gasteiger partial charge in [-0.2, -0.15) is 0 Å². The molecule has 0 aromatic heterocycles. The molecule has 0 aliphatic heterocycles. The Balaban J connectivity index is 0.842. The second-order valence-corrected chi connectivity index (χ2v) is 21.6. The highest BCUT2D eigenvalue weighted by atomic mass is 16.5. The Bertz CT molecular complexity index is 1430. The van der Waals surface area contributed by atoms with Crippen LogP contribution in [0.3, 0.4) is 0 Å². The Labute approximate surface area is 317 Å². The third-order valence-corrected chi connectivity index (χ3v) is 19.7. The van der Waals surface area contributed by atoms with Gasteiger partial charge in [0.15, 0.2) is 0 Å². The number of hydrogen-bond donors (Lipinski definition) is 1. The Hall–Kier alpha value is -1.58. The SMILES string of the molecule is C[C@H](CCC(=O)O)[C@H]1CC[C@H]2[C@@H]3CC=C4C[C@@H](OC(=O)CC[C@@H](C)[C@H]5CCC6C7CCC8CC=CC[C@]8(C)C7CC[C@@]65C)CC[C@]4(C)[C@H]3CC[C@]12C. The fourth-order valence-electron chi connectivity index (χ4n) is 16.9. The molecule has 0 bridgehead atoms. The van der Waals surface area contributed by atoms with Gasteiger partial charge in [-0.05, 0) is 196 Å². The van der Waals surface area contributed by atoms with Gasteiger partial charge in [0.25, 0.3) is 0 Å². The lowest BCUT2D eigenvalue weighted by atomic mass is 9.45. The van der Waals surface area contributed by atoms with Crippen LogP contribution in [0.5, 0.6) is 0 Å². The molecule has 6 fully saturated rings. The first-order valence-electron chi connectivity index (χ1n) is 22.5. The molecule has 4 heteroatoms. The fraction of sp³-hybridized carbons (Fsp3) is 0.875. The summed E-state index contributed by atoms with van der Waals surface area (Å²) < 4.78 is 6.34. The lowest BCUT2D eigenvalue weighted by Crippen LogP contribution is -2.52. The first-order valence-corrected chi connectivity index (χ1v) is 22.5. The number of ether oxygens (including phenoxy) is 1. The van der Waals surface area contributed by atoms with Crippen molar-refractivity contribution in [1.82, 2.24) is 0 Å². The van der Waals surface area contributed by atoms with Gasteiger partial charge in [-0.3, -0.25) is 9.59 Å². The van der Waals surface area contributed by atoms with E-state index in [-0.39, 0.29) is 17.5 Å². The van der Waals surface area contributed by atoms with Gasteiger partial charge in [-0.25, -0.2) is 0 Å². The van der Waals surface area contributed by atoms with Crippen molar-refractivity contribution >= 4 is 11.9 Å². The summed E-state index contributed by atoms with van der Waals surface area (Å²) >= 11 is 0. The molecule has 8 aliphatic carbocycles. The molecule has 0 spiro atoms. The number of carboxylic acids is 1. The van der Waals surface area contributed by atoms with E-state index in [0.29, 0.717) is 46.8 Å². The van der Waals surface area contributed by atoms with Gasteiger partial charge in [-0.15, -0.1) is 0 Å². The summed E-state index contributed by atoms with van der Waals surface area (Å²) in [4.78, 5) is 24.8. The van der Waals surface area contributed by atoms with Crippen LogP contribution in [0.1, 0.15) is 170 Å². The smallest absolute Gasteiger partial charge is 0.306 e. The van der Waals surface area contributed by atoms with Crippen molar-refractivity contribution in [3.05, 3.63) is 23.8 Å². The maximum atomic E-state index is 13.5. The van der Waals surface area contributed by atoms with E-state index >= 15 is 0 Å². The zero-order valence-corrected chi connectivity index (χ0v) is 34.0. The van der Waals surface area contributed by atoms with Crippen LogP contribution in [0.4, 0.5) is 0 Å². The van der Waals surface area contributed by atoms with Crippen LogP contribution in [0.2, 0.25) is 0 Å². The monoisotopic (exact) mass is 715 g/mol. The molecule has 6 saturated carbocycles. The summed E-state index contributed by atoms with van der Waals surface area (Å²) in [7, 11) is 0. The van der Waals surface area contributed by atoms with Crippen molar-refractivity contribution in [2.45, 2.75) is 176 Å². The number of fused-ring (bicyclic) bond motifs is 10. The van der Waals surface area contributed by atoms with Crippen LogP contribution in [-0.4, -0.2) is 23.1 Å². The molecule has 0 aromatic rings. The zero-order valence-electron chi connectivity index (χ0n) is 34.0. The largest absolute Gasteiger partial charge is 0.481 e. The number of hydrogen-bond acceptors (Lipinski definition) is 3. The molecule has 8 rings (SSSR count). The van der Waals surface area contributed by atoms with Crippen LogP contribution in [0.15, 0.2) is 23.8 Å². The third-order valence-electron chi connectivity index (χ3n) is 19.7. The number of carboxylic acid groups (broad SMARTS) is 1. The number of esters is 1. The highest BCUT2D eigenvalue weighted by Gasteiger charge is 2.61. The van der Waals surface area contributed by atoms with E-state index in [1.807, 2.05) is 0 Å². The van der Waals surface area contributed by atoms with Crippen molar-refractivity contribution in [3.8, 4) is 0 Å². The van der Waals surface area contributed by atoms with Crippen LogP contribution in [-0.2, 0) is 14.3 Å². The van der Waals surface area contributed by atoms with Crippen molar-refractivity contribution in [2.75, 3.05) is 0 Å². The highest BCUT2D eigenvalue weighted by Crippen LogP contribution is 2.69. The average Bonchev–Trinajstić information content (AvgIpc) is 3.66. The highest BCUT2D eigenvalue weighted by molar-refractivity contribution is 5.69. The van der Waals surface area contributed by atoms with Gasteiger partial charge in [-0.1, -0.05) is 65.3 Å². The van der Waals surface area contributed by atoms with E-state index < -0.39 is 5.97 Å². The van der Waals surface area contributed by atoms with Gasteiger partial charge in [0.1, 0.15) is 6.10 Å². The Kier molecular flexibility index (Phi) is 9.96. The zero-order chi connectivity index (χ0) is 36.6. The lowest BCUT2D eigenvalue weighted by Gasteiger charge is -2.60. The van der Waals surface area contributed by atoms with Gasteiger partial charge in [0, 0.05) is 19.3 Å². The molecule has 4 unspecified atom stereocenters. The lowest BCUT2D eigenvalue weighted by molar-refractivity contribution is -0.152. The summed E-state index contributed by atoms with van der Waals surface area (Å²) in [5, 5.41) is 9.32. The maximum absolute atomic E-state index is 13.5. The molecular formula is C48H74O4. The van der Waals surface area contributed by atoms with E-state index in [1.165, 1.54) is 83.5 Å². The third kappa shape index (κ3) is 6.03. The van der Waals surface area contributed by atoms with Gasteiger partial charge in [0.2, 0.25) is 0 Å².